The number of ether oxygens (including phenoxy) is 1. The zero-order valence-corrected chi connectivity index (χ0v) is 16.8. The number of hydrogen-bond acceptors (Lipinski definition) is 3. The number of nitrogens with two attached hydrogens (primary N) is 1. The van der Waals surface area contributed by atoms with Gasteiger partial charge < -0.3 is 15.8 Å². The molecular weight excluding hydrogens is 427 g/mol. The molecule has 1 heterocycles. The van der Waals surface area contributed by atoms with Crippen LogP contribution < -0.4 is 15.8 Å². The van der Waals surface area contributed by atoms with Crippen LogP contribution in [0.2, 0.25) is 0 Å². The molecule has 0 aliphatic heterocycles. The zero-order chi connectivity index (χ0) is 16.8. The van der Waals surface area contributed by atoms with E-state index >= 15 is 0 Å². The van der Waals surface area contributed by atoms with Gasteiger partial charge in [0.05, 0.1) is 6.54 Å². The fraction of sp³-hybridized carbons (Fsp3) is 0.368. The van der Waals surface area contributed by atoms with Crippen LogP contribution in [-0.2, 0) is 6.54 Å². The van der Waals surface area contributed by atoms with Gasteiger partial charge in [-0.3, -0.25) is 0 Å². The van der Waals surface area contributed by atoms with Gasteiger partial charge in [-0.05, 0) is 56.4 Å². The number of hydrogen-bond donors (Lipinski definition) is 2. The maximum absolute atomic E-state index is 5.95. The molecule has 0 amide bonds. The Labute approximate surface area is 166 Å². The van der Waals surface area contributed by atoms with Gasteiger partial charge in [0.1, 0.15) is 6.10 Å². The van der Waals surface area contributed by atoms with Crippen molar-refractivity contribution in [3.8, 4) is 5.88 Å². The summed E-state index contributed by atoms with van der Waals surface area (Å²) in [6.45, 7) is 2.55. The Kier molecular flexibility index (Phi) is 7.49. The third-order valence-corrected chi connectivity index (χ3v) is 4.14. The van der Waals surface area contributed by atoms with Crippen molar-refractivity contribution in [1.82, 2.24) is 4.98 Å². The van der Waals surface area contributed by atoms with E-state index < -0.39 is 0 Å². The number of pyridine rings is 1. The molecule has 1 aromatic heterocycles. The number of rotatable bonds is 5. The average Bonchev–Trinajstić information content (AvgIpc) is 3.08. The number of aryl methyl sites for hydroxylation is 1. The van der Waals surface area contributed by atoms with Gasteiger partial charge in [0.15, 0.2) is 5.96 Å². The average molecular weight is 452 g/mol. The predicted molar refractivity (Wildman–Crippen MR) is 113 cm³/mol. The van der Waals surface area contributed by atoms with Crippen LogP contribution in [0.15, 0.2) is 47.6 Å². The highest BCUT2D eigenvalue weighted by molar-refractivity contribution is 14.0. The van der Waals surface area contributed by atoms with Gasteiger partial charge in [0.25, 0.3) is 0 Å². The van der Waals surface area contributed by atoms with E-state index in [0.29, 0.717) is 24.5 Å². The summed E-state index contributed by atoms with van der Waals surface area (Å²) >= 11 is 0. The number of anilines is 1. The minimum absolute atomic E-state index is 0. The topological polar surface area (TPSA) is 72.5 Å². The van der Waals surface area contributed by atoms with Crippen LogP contribution in [0.5, 0.6) is 5.88 Å². The summed E-state index contributed by atoms with van der Waals surface area (Å²) in [7, 11) is 0. The molecule has 1 aliphatic rings. The zero-order valence-electron chi connectivity index (χ0n) is 14.4. The highest BCUT2D eigenvalue weighted by Crippen LogP contribution is 2.23. The van der Waals surface area contributed by atoms with E-state index in [9.17, 15) is 0 Å². The molecule has 6 heteroatoms. The third kappa shape index (κ3) is 6.19. The highest BCUT2D eigenvalue weighted by Gasteiger charge is 2.16. The number of nitrogens with zero attached hydrogens (tertiary/aromatic N) is 2. The van der Waals surface area contributed by atoms with Crippen LogP contribution in [0.3, 0.4) is 0 Å². The first-order valence-corrected chi connectivity index (χ1v) is 8.44. The maximum Gasteiger partial charge on any atom is 0.213 e. The molecule has 1 aromatic carbocycles. The minimum Gasteiger partial charge on any atom is -0.474 e. The second-order valence-electron chi connectivity index (χ2n) is 6.22. The summed E-state index contributed by atoms with van der Waals surface area (Å²) in [5.74, 6) is 1.08. The molecule has 1 fully saturated rings. The summed E-state index contributed by atoms with van der Waals surface area (Å²) in [5, 5.41) is 3.09. The predicted octanol–water partition coefficient (Wildman–Crippen LogP) is 4.26. The summed E-state index contributed by atoms with van der Waals surface area (Å²) in [4.78, 5) is 8.67. The van der Waals surface area contributed by atoms with E-state index in [2.05, 4.69) is 22.2 Å². The molecule has 134 valence electrons. The fourth-order valence-electron chi connectivity index (χ4n) is 2.79. The number of nitrogens with one attached hydrogen (secondary N) is 1. The van der Waals surface area contributed by atoms with E-state index in [1.807, 2.05) is 36.4 Å². The van der Waals surface area contributed by atoms with E-state index in [0.717, 1.165) is 24.1 Å². The summed E-state index contributed by atoms with van der Waals surface area (Å²) in [6, 6.07) is 11.9. The first-order valence-electron chi connectivity index (χ1n) is 8.44. The highest BCUT2D eigenvalue weighted by atomic mass is 127. The standard InChI is InChI=1S/C19H24N4O.HI/c1-14-6-8-16(9-7-14)23-19(20)22-13-15-10-11-21-18(12-15)24-17-4-2-3-5-17;/h6-12,17H,2-5,13H2,1H3,(H3,20,22,23);1H. The molecule has 3 rings (SSSR count). The molecule has 5 nitrogen and oxygen atoms in total. The lowest BCUT2D eigenvalue weighted by Gasteiger charge is -2.12. The largest absolute Gasteiger partial charge is 0.474 e. The van der Waals surface area contributed by atoms with Crippen LogP contribution >= 0.6 is 24.0 Å². The van der Waals surface area contributed by atoms with Gasteiger partial charge in [0.2, 0.25) is 5.88 Å². The Balaban J connectivity index is 0.00000225. The molecule has 0 atom stereocenters. The van der Waals surface area contributed by atoms with Crippen LogP contribution in [0.25, 0.3) is 0 Å². The van der Waals surface area contributed by atoms with Crippen molar-refractivity contribution < 1.29 is 4.74 Å². The van der Waals surface area contributed by atoms with E-state index in [1.54, 1.807) is 6.20 Å². The van der Waals surface area contributed by atoms with Crippen LogP contribution in [0.1, 0.15) is 36.8 Å². The summed E-state index contributed by atoms with van der Waals surface area (Å²) < 4.78 is 5.92. The Morgan fingerprint density at radius 3 is 2.68 bits per heavy atom. The normalized spacial score (nSPS) is 14.8. The maximum atomic E-state index is 5.95. The van der Waals surface area contributed by atoms with Crippen LogP contribution in [-0.4, -0.2) is 17.0 Å². The second kappa shape index (κ2) is 9.60. The van der Waals surface area contributed by atoms with Crippen molar-refractivity contribution in [2.75, 3.05) is 5.32 Å². The van der Waals surface area contributed by atoms with E-state index in [1.165, 1.54) is 18.4 Å². The Morgan fingerprint density at radius 1 is 1.24 bits per heavy atom. The first-order chi connectivity index (χ1) is 11.7. The van der Waals surface area contributed by atoms with E-state index in [-0.39, 0.29) is 24.0 Å². The van der Waals surface area contributed by atoms with Crippen molar-refractivity contribution in [2.45, 2.75) is 45.3 Å². The molecular formula is C19H25IN4O. The number of aromatic nitrogens is 1. The van der Waals surface area contributed by atoms with Crippen molar-refractivity contribution >= 4 is 35.6 Å². The molecule has 25 heavy (non-hydrogen) atoms. The first kappa shape index (κ1) is 19.5. The monoisotopic (exact) mass is 452 g/mol. The molecule has 0 spiro atoms. The Morgan fingerprint density at radius 2 is 1.96 bits per heavy atom. The fourth-order valence-corrected chi connectivity index (χ4v) is 2.79. The van der Waals surface area contributed by atoms with Gasteiger partial charge >= 0.3 is 0 Å². The molecule has 1 aliphatic carbocycles. The van der Waals surface area contributed by atoms with Gasteiger partial charge in [-0.2, -0.15) is 0 Å². The van der Waals surface area contributed by atoms with Crippen molar-refractivity contribution in [3.05, 3.63) is 53.7 Å². The second-order valence-corrected chi connectivity index (χ2v) is 6.22. The SMILES string of the molecule is Cc1ccc(NC(N)=NCc2ccnc(OC3CCCC3)c2)cc1.I. The lowest BCUT2D eigenvalue weighted by Crippen LogP contribution is -2.22. The van der Waals surface area contributed by atoms with Crippen LogP contribution in [0.4, 0.5) is 5.69 Å². The Hall–Kier alpha value is -1.83. The van der Waals surface area contributed by atoms with Gasteiger partial charge in [-0.15, -0.1) is 24.0 Å². The number of guanidine groups is 1. The smallest absolute Gasteiger partial charge is 0.213 e. The lowest BCUT2D eigenvalue weighted by molar-refractivity contribution is 0.201. The van der Waals surface area contributed by atoms with Crippen molar-refractivity contribution in [1.29, 1.82) is 0 Å². The lowest BCUT2D eigenvalue weighted by atomic mass is 10.2. The molecule has 3 N–H and O–H groups in total. The molecule has 0 unspecified atom stereocenters. The molecule has 0 bridgehead atoms. The van der Waals surface area contributed by atoms with E-state index in [4.69, 9.17) is 10.5 Å². The molecule has 2 aromatic rings. The Bertz CT molecular complexity index is 697. The van der Waals surface area contributed by atoms with Gasteiger partial charge in [0, 0.05) is 18.0 Å². The molecule has 0 saturated heterocycles. The quantitative estimate of drug-likeness (QED) is 0.404. The van der Waals surface area contributed by atoms with Crippen LogP contribution in [0, 0.1) is 6.92 Å². The number of benzene rings is 1. The summed E-state index contributed by atoms with van der Waals surface area (Å²) in [6.07, 6.45) is 6.81. The molecule has 1 saturated carbocycles. The number of aliphatic imine (C=N–C) groups is 1. The van der Waals surface area contributed by atoms with Gasteiger partial charge in [-0.1, -0.05) is 17.7 Å². The molecule has 0 radical (unpaired) electrons. The van der Waals surface area contributed by atoms with Crippen molar-refractivity contribution in [3.63, 3.8) is 0 Å². The summed E-state index contributed by atoms with van der Waals surface area (Å²) in [5.41, 5.74) is 9.13. The van der Waals surface area contributed by atoms with Gasteiger partial charge in [-0.25, -0.2) is 9.98 Å². The number of halogens is 1. The minimum atomic E-state index is 0. The third-order valence-electron chi connectivity index (χ3n) is 4.14. The van der Waals surface area contributed by atoms with Crippen molar-refractivity contribution in [2.24, 2.45) is 10.7 Å².